The first-order valence-electron chi connectivity index (χ1n) is 7.33. The molecule has 23 heavy (non-hydrogen) atoms. The van der Waals surface area contributed by atoms with E-state index < -0.39 is 11.7 Å². The Morgan fingerprint density at radius 2 is 2.09 bits per heavy atom. The van der Waals surface area contributed by atoms with Gasteiger partial charge in [-0.15, -0.1) is 0 Å². The number of hydrogen-bond donors (Lipinski definition) is 1. The van der Waals surface area contributed by atoms with E-state index in [1.165, 1.54) is 0 Å². The van der Waals surface area contributed by atoms with E-state index >= 15 is 0 Å². The summed E-state index contributed by atoms with van der Waals surface area (Å²) in [5.41, 5.74) is 1.39. The smallest absolute Gasteiger partial charge is 0.408 e. The molecular formula is C16H17BrCl2N2O2. The lowest BCUT2D eigenvalue weighted by atomic mass is 10.1. The molecule has 124 valence electrons. The topological polar surface area (TPSA) is 43.3 Å². The number of ether oxygens (including phenoxy) is 1. The maximum absolute atomic E-state index is 12.0. The lowest BCUT2D eigenvalue weighted by molar-refractivity contribution is 0.0503. The minimum atomic E-state index is -0.519. The number of rotatable bonds is 1. The highest BCUT2D eigenvalue weighted by Gasteiger charge is 2.29. The van der Waals surface area contributed by atoms with Crippen LogP contribution >= 0.6 is 39.1 Å². The van der Waals surface area contributed by atoms with Crippen molar-refractivity contribution in [2.75, 3.05) is 0 Å². The van der Waals surface area contributed by atoms with E-state index in [4.69, 9.17) is 27.9 Å². The molecule has 1 aromatic carbocycles. The van der Waals surface area contributed by atoms with Crippen molar-refractivity contribution in [1.29, 1.82) is 0 Å². The van der Waals surface area contributed by atoms with E-state index in [0.29, 0.717) is 10.0 Å². The fourth-order valence-electron chi connectivity index (χ4n) is 2.88. The Bertz CT molecular complexity index is 796. The molecule has 1 amide bonds. The number of aromatic nitrogens is 1. The van der Waals surface area contributed by atoms with Gasteiger partial charge in [0.15, 0.2) is 0 Å². The van der Waals surface area contributed by atoms with Crippen LogP contribution in [0.3, 0.4) is 0 Å². The van der Waals surface area contributed by atoms with Crippen LogP contribution in [0.2, 0.25) is 10.0 Å². The molecule has 1 aliphatic heterocycles. The normalized spacial score (nSPS) is 17.4. The molecular weight excluding hydrogens is 403 g/mol. The molecule has 1 aliphatic rings. The number of nitrogens with one attached hydrogen (secondary N) is 1. The molecule has 0 spiro atoms. The summed E-state index contributed by atoms with van der Waals surface area (Å²) in [6, 6.07) is 3.73. The van der Waals surface area contributed by atoms with Crippen LogP contribution in [0.1, 0.15) is 38.9 Å². The van der Waals surface area contributed by atoms with Crippen LogP contribution in [0, 0.1) is 0 Å². The molecule has 0 radical (unpaired) electrons. The maximum atomic E-state index is 12.0. The van der Waals surface area contributed by atoms with Crippen LogP contribution < -0.4 is 5.32 Å². The molecule has 3 rings (SSSR count). The summed E-state index contributed by atoms with van der Waals surface area (Å²) in [6.07, 6.45) is 0.384. The number of carbonyl (C=O) groups is 1. The summed E-state index contributed by atoms with van der Waals surface area (Å²) in [5, 5.41) is 4.97. The minimum absolute atomic E-state index is 0.0982. The van der Waals surface area contributed by atoms with Crippen LogP contribution in [0.5, 0.6) is 0 Å². The number of halogens is 3. The Balaban J connectivity index is 1.95. The Hall–Kier alpha value is -0.910. The lowest BCUT2D eigenvalue weighted by Crippen LogP contribution is -2.34. The predicted octanol–water partition coefficient (Wildman–Crippen LogP) is 5.68. The number of fused-ring (bicyclic) bond motifs is 3. The molecule has 0 aliphatic carbocycles. The molecule has 4 nitrogen and oxygen atoms in total. The van der Waals surface area contributed by atoms with Gasteiger partial charge in [-0.3, -0.25) is 0 Å². The number of nitrogens with zero attached hydrogens (tertiary/aromatic N) is 1. The largest absolute Gasteiger partial charge is 0.444 e. The SMILES string of the molecule is CC(C)(C)OC(=O)N[C@H]1CCn2c1cc1c(Br)cc(Cl)c(Cl)c12. The van der Waals surface area contributed by atoms with E-state index in [2.05, 4.69) is 25.8 Å². The van der Waals surface area contributed by atoms with Gasteiger partial charge in [-0.2, -0.15) is 0 Å². The minimum Gasteiger partial charge on any atom is -0.444 e. The van der Waals surface area contributed by atoms with Crippen LogP contribution in [0.15, 0.2) is 16.6 Å². The van der Waals surface area contributed by atoms with E-state index in [1.54, 1.807) is 6.07 Å². The molecule has 0 saturated carbocycles. The first-order valence-corrected chi connectivity index (χ1v) is 8.88. The van der Waals surface area contributed by atoms with Crippen LogP contribution in [-0.2, 0) is 11.3 Å². The van der Waals surface area contributed by atoms with Crippen molar-refractivity contribution in [3.05, 3.63) is 32.3 Å². The Morgan fingerprint density at radius 1 is 1.39 bits per heavy atom. The van der Waals surface area contributed by atoms with Crippen molar-refractivity contribution in [1.82, 2.24) is 9.88 Å². The van der Waals surface area contributed by atoms with Crippen molar-refractivity contribution in [3.8, 4) is 0 Å². The zero-order chi connectivity index (χ0) is 16.9. The van der Waals surface area contributed by atoms with Gasteiger partial charge < -0.3 is 14.6 Å². The third kappa shape index (κ3) is 3.19. The van der Waals surface area contributed by atoms with Crippen LogP contribution in [0.25, 0.3) is 10.9 Å². The molecule has 1 atom stereocenters. The van der Waals surface area contributed by atoms with Crippen molar-refractivity contribution in [2.45, 2.75) is 45.4 Å². The summed E-state index contributed by atoms with van der Waals surface area (Å²) in [6.45, 7) is 6.30. The van der Waals surface area contributed by atoms with Crippen molar-refractivity contribution in [3.63, 3.8) is 0 Å². The van der Waals surface area contributed by atoms with Crippen LogP contribution in [0.4, 0.5) is 4.79 Å². The standard InChI is InChI=1S/C16H17BrCl2N2O2/c1-16(2,3)23-15(22)20-11-4-5-21-12(11)6-8-9(17)7-10(18)13(19)14(8)21/h6-7,11H,4-5H2,1-3H3,(H,20,22)/t11-/m0/s1. The molecule has 0 fully saturated rings. The average molecular weight is 420 g/mol. The maximum Gasteiger partial charge on any atom is 0.408 e. The third-order valence-electron chi connectivity index (χ3n) is 3.75. The second-order valence-electron chi connectivity index (χ2n) is 6.62. The number of benzene rings is 1. The van der Waals surface area contributed by atoms with Crippen molar-refractivity contribution >= 4 is 56.1 Å². The summed E-state index contributed by atoms with van der Waals surface area (Å²) >= 11 is 16.1. The molecule has 7 heteroatoms. The Labute approximate surface area is 153 Å². The average Bonchev–Trinajstić information content (AvgIpc) is 2.94. The summed E-state index contributed by atoms with van der Waals surface area (Å²) in [5.74, 6) is 0. The number of amides is 1. The molecule has 1 N–H and O–H groups in total. The zero-order valence-electron chi connectivity index (χ0n) is 13.0. The van der Waals surface area contributed by atoms with Gasteiger partial charge in [0, 0.05) is 22.1 Å². The Morgan fingerprint density at radius 3 is 2.74 bits per heavy atom. The first-order chi connectivity index (χ1) is 10.7. The fraction of sp³-hybridized carbons (Fsp3) is 0.438. The number of aryl methyl sites for hydroxylation is 1. The summed E-state index contributed by atoms with van der Waals surface area (Å²) < 4.78 is 8.34. The number of alkyl carbamates (subject to hydrolysis) is 1. The highest BCUT2D eigenvalue weighted by atomic mass is 79.9. The van der Waals surface area contributed by atoms with Crippen molar-refractivity contribution in [2.24, 2.45) is 0 Å². The second kappa shape index (κ2) is 5.87. The number of hydrogen-bond acceptors (Lipinski definition) is 2. The fourth-order valence-corrected chi connectivity index (χ4v) is 4.00. The van der Waals surface area contributed by atoms with Gasteiger partial charge in [0.2, 0.25) is 0 Å². The molecule has 0 unspecified atom stereocenters. The third-order valence-corrected chi connectivity index (χ3v) is 5.18. The molecule has 2 heterocycles. The van der Waals surface area contributed by atoms with Gasteiger partial charge in [-0.25, -0.2) is 4.79 Å². The Kier molecular flexibility index (Phi) is 4.32. The quantitative estimate of drug-likeness (QED) is 0.604. The molecule has 0 saturated heterocycles. The van der Waals surface area contributed by atoms with Gasteiger partial charge in [-0.05, 0) is 39.3 Å². The van der Waals surface area contributed by atoms with E-state index in [9.17, 15) is 4.79 Å². The van der Waals surface area contributed by atoms with Gasteiger partial charge in [-0.1, -0.05) is 39.1 Å². The number of carbonyl (C=O) groups excluding carboxylic acids is 1. The highest BCUT2D eigenvalue weighted by Crippen LogP contribution is 2.42. The van der Waals surface area contributed by atoms with E-state index in [0.717, 1.165) is 34.0 Å². The van der Waals surface area contributed by atoms with Crippen LogP contribution in [-0.4, -0.2) is 16.3 Å². The van der Waals surface area contributed by atoms with Gasteiger partial charge in [0.05, 0.1) is 21.6 Å². The monoisotopic (exact) mass is 418 g/mol. The van der Waals surface area contributed by atoms with Crippen molar-refractivity contribution < 1.29 is 9.53 Å². The highest BCUT2D eigenvalue weighted by molar-refractivity contribution is 9.10. The lowest BCUT2D eigenvalue weighted by Gasteiger charge is -2.21. The first kappa shape index (κ1) is 16.9. The van der Waals surface area contributed by atoms with Gasteiger partial charge in [0.25, 0.3) is 0 Å². The molecule has 2 aromatic rings. The van der Waals surface area contributed by atoms with E-state index in [-0.39, 0.29) is 6.04 Å². The molecule has 0 bridgehead atoms. The van der Waals surface area contributed by atoms with Gasteiger partial charge in [0.1, 0.15) is 5.60 Å². The predicted molar refractivity (Wildman–Crippen MR) is 96.4 cm³/mol. The van der Waals surface area contributed by atoms with Gasteiger partial charge >= 0.3 is 6.09 Å². The zero-order valence-corrected chi connectivity index (χ0v) is 16.1. The van der Waals surface area contributed by atoms with E-state index in [1.807, 2.05) is 26.8 Å². The summed E-state index contributed by atoms with van der Waals surface area (Å²) in [4.78, 5) is 12.0. The second-order valence-corrected chi connectivity index (χ2v) is 8.26. The summed E-state index contributed by atoms with van der Waals surface area (Å²) in [7, 11) is 0. The molecule has 1 aromatic heterocycles.